The van der Waals surface area contributed by atoms with Gasteiger partial charge in [-0.2, -0.15) is 4.31 Å². The molecular weight excluding hydrogens is 362 g/mol. The molecule has 2 fully saturated rings. The first kappa shape index (κ1) is 18.3. The van der Waals surface area contributed by atoms with Crippen LogP contribution >= 0.6 is 11.3 Å². The van der Waals surface area contributed by atoms with E-state index in [0.29, 0.717) is 38.9 Å². The number of sulfonamides is 1. The molecule has 3 rings (SSSR count). The average Bonchev–Trinajstić information content (AvgIpc) is 3.25. The fourth-order valence-corrected chi connectivity index (χ4v) is 6.06. The zero-order valence-corrected chi connectivity index (χ0v) is 15.9. The van der Waals surface area contributed by atoms with E-state index in [4.69, 9.17) is 0 Å². The van der Waals surface area contributed by atoms with Crippen LogP contribution < -0.4 is 5.32 Å². The summed E-state index contributed by atoms with van der Waals surface area (Å²) in [5.74, 6) is -0.292. The van der Waals surface area contributed by atoms with E-state index in [1.165, 1.54) is 10.4 Å². The van der Waals surface area contributed by atoms with Crippen molar-refractivity contribution in [1.29, 1.82) is 0 Å². The van der Waals surface area contributed by atoms with Crippen molar-refractivity contribution in [2.45, 2.75) is 43.0 Å². The second-order valence-corrected chi connectivity index (χ2v) is 9.36. The molecule has 1 atom stereocenters. The van der Waals surface area contributed by atoms with Crippen LogP contribution in [0.3, 0.4) is 0 Å². The molecule has 0 radical (unpaired) electrons. The smallest absolute Gasteiger partial charge is 0.262 e. The maximum Gasteiger partial charge on any atom is 0.262 e. The van der Waals surface area contributed by atoms with Gasteiger partial charge >= 0.3 is 0 Å². The second-order valence-electron chi connectivity index (χ2n) is 6.54. The van der Waals surface area contributed by atoms with Crippen molar-refractivity contribution in [3.05, 3.63) is 16.3 Å². The summed E-state index contributed by atoms with van der Waals surface area (Å²) < 4.78 is 27.0. The van der Waals surface area contributed by atoms with Crippen molar-refractivity contribution in [3.8, 4) is 0 Å². The van der Waals surface area contributed by atoms with Gasteiger partial charge in [0, 0.05) is 39.1 Å². The molecule has 0 bridgehead atoms. The summed E-state index contributed by atoms with van der Waals surface area (Å²) in [6.07, 6.45) is 3.36. The number of hydrogen-bond acceptors (Lipinski definition) is 5. The van der Waals surface area contributed by atoms with Crippen LogP contribution in [0.2, 0.25) is 0 Å². The third-order valence-electron chi connectivity index (χ3n) is 4.80. The standard InChI is InChI=1S/C16H23N3O4S2/c1-18-10-6-12(4-5-14(18)20)17-16(21)15-13(7-11-24-15)25(22,23)19-8-2-3-9-19/h7,11-12H,2-6,8-10H2,1H3,(H,17,21). The van der Waals surface area contributed by atoms with Gasteiger partial charge in [0.1, 0.15) is 9.77 Å². The molecule has 0 aliphatic carbocycles. The van der Waals surface area contributed by atoms with Gasteiger partial charge in [0.2, 0.25) is 15.9 Å². The molecule has 2 aliphatic heterocycles. The van der Waals surface area contributed by atoms with E-state index in [0.717, 1.165) is 24.2 Å². The lowest BCUT2D eigenvalue weighted by atomic mass is 10.1. The Balaban J connectivity index is 1.73. The third-order valence-corrected chi connectivity index (χ3v) is 7.78. The molecule has 3 heterocycles. The van der Waals surface area contributed by atoms with Crippen LogP contribution in [0, 0.1) is 0 Å². The van der Waals surface area contributed by atoms with Gasteiger partial charge in [0.15, 0.2) is 0 Å². The highest BCUT2D eigenvalue weighted by molar-refractivity contribution is 7.89. The highest BCUT2D eigenvalue weighted by atomic mass is 32.2. The van der Waals surface area contributed by atoms with Crippen molar-refractivity contribution in [2.75, 3.05) is 26.7 Å². The molecule has 25 heavy (non-hydrogen) atoms. The van der Waals surface area contributed by atoms with E-state index in [9.17, 15) is 18.0 Å². The Labute approximate surface area is 152 Å². The van der Waals surface area contributed by atoms with E-state index in [1.54, 1.807) is 17.3 Å². The molecule has 0 aromatic carbocycles. The molecule has 7 nitrogen and oxygen atoms in total. The summed E-state index contributed by atoms with van der Waals surface area (Å²) in [6.45, 7) is 1.61. The molecule has 9 heteroatoms. The largest absolute Gasteiger partial charge is 0.348 e. The molecule has 138 valence electrons. The molecule has 1 unspecified atom stereocenters. The van der Waals surface area contributed by atoms with E-state index in [1.807, 2.05) is 0 Å². The van der Waals surface area contributed by atoms with Gasteiger partial charge in [0.05, 0.1) is 0 Å². The van der Waals surface area contributed by atoms with Crippen LogP contribution in [-0.4, -0.2) is 62.2 Å². The van der Waals surface area contributed by atoms with Gasteiger partial charge in [0.25, 0.3) is 5.91 Å². The summed E-state index contributed by atoms with van der Waals surface area (Å²) in [7, 11) is -1.86. The Kier molecular flexibility index (Phi) is 5.45. The van der Waals surface area contributed by atoms with Gasteiger partial charge < -0.3 is 10.2 Å². The average molecular weight is 386 g/mol. The normalized spacial score (nSPS) is 22.8. The molecular formula is C16H23N3O4S2. The van der Waals surface area contributed by atoms with Crippen LogP contribution in [0.15, 0.2) is 16.3 Å². The van der Waals surface area contributed by atoms with Crippen molar-refractivity contribution in [1.82, 2.24) is 14.5 Å². The number of rotatable bonds is 4. The zero-order chi connectivity index (χ0) is 18.0. The summed E-state index contributed by atoms with van der Waals surface area (Å²) in [5, 5.41) is 4.56. The first-order valence-corrected chi connectivity index (χ1v) is 10.8. The Hall–Kier alpha value is -1.45. The molecule has 1 N–H and O–H groups in total. The number of nitrogens with zero attached hydrogens (tertiary/aromatic N) is 2. The first-order chi connectivity index (χ1) is 11.9. The van der Waals surface area contributed by atoms with E-state index < -0.39 is 10.0 Å². The van der Waals surface area contributed by atoms with Crippen LogP contribution in [-0.2, 0) is 14.8 Å². The Morgan fingerprint density at radius 3 is 2.68 bits per heavy atom. The Morgan fingerprint density at radius 2 is 1.96 bits per heavy atom. The van der Waals surface area contributed by atoms with Crippen molar-refractivity contribution in [3.63, 3.8) is 0 Å². The minimum atomic E-state index is -3.62. The van der Waals surface area contributed by atoms with Crippen LogP contribution in [0.25, 0.3) is 0 Å². The van der Waals surface area contributed by atoms with Crippen LogP contribution in [0.1, 0.15) is 41.8 Å². The van der Waals surface area contributed by atoms with E-state index in [2.05, 4.69) is 5.32 Å². The first-order valence-electron chi connectivity index (χ1n) is 8.52. The van der Waals surface area contributed by atoms with Crippen LogP contribution in [0.5, 0.6) is 0 Å². The summed E-state index contributed by atoms with van der Waals surface area (Å²) in [5.41, 5.74) is 0. The van der Waals surface area contributed by atoms with E-state index >= 15 is 0 Å². The summed E-state index contributed by atoms with van der Waals surface area (Å²) >= 11 is 1.14. The number of hydrogen-bond donors (Lipinski definition) is 1. The Bertz CT molecular complexity index is 753. The van der Waals surface area contributed by atoms with E-state index in [-0.39, 0.29) is 27.6 Å². The monoisotopic (exact) mass is 385 g/mol. The van der Waals surface area contributed by atoms with Gasteiger partial charge in [-0.3, -0.25) is 9.59 Å². The number of thiophene rings is 1. The fourth-order valence-electron chi connectivity index (χ4n) is 3.24. The van der Waals surface area contributed by atoms with Crippen molar-refractivity contribution < 1.29 is 18.0 Å². The lowest BCUT2D eigenvalue weighted by molar-refractivity contribution is -0.129. The maximum atomic E-state index is 12.8. The molecule has 0 spiro atoms. The van der Waals surface area contributed by atoms with Gasteiger partial charge in [-0.05, 0) is 37.1 Å². The van der Waals surface area contributed by atoms with Gasteiger partial charge in [-0.25, -0.2) is 8.42 Å². The highest BCUT2D eigenvalue weighted by Crippen LogP contribution is 2.28. The molecule has 1 aromatic heterocycles. The number of likely N-dealkylation sites (tertiary alicyclic amines) is 1. The van der Waals surface area contributed by atoms with Crippen molar-refractivity contribution in [2.24, 2.45) is 0 Å². The topological polar surface area (TPSA) is 86.8 Å². The molecule has 0 saturated carbocycles. The number of nitrogens with one attached hydrogen (secondary N) is 1. The quantitative estimate of drug-likeness (QED) is 0.846. The summed E-state index contributed by atoms with van der Waals surface area (Å²) in [6, 6.07) is 1.39. The minimum absolute atomic E-state index is 0.0742. The SMILES string of the molecule is CN1CCC(NC(=O)c2sccc2S(=O)(=O)N2CCCC2)CCC1=O. The molecule has 2 saturated heterocycles. The predicted octanol–water partition coefficient (Wildman–Crippen LogP) is 1.27. The molecule has 2 amide bonds. The second kappa shape index (κ2) is 7.43. The molecule has 2 aliphatic rings. The van der Waals surface area contributed by atoms with Crippen molar-refractivity contribution >= 4 is 33.2 Å². The number of carbonyl (C=O) groups excluding carboxylic acids is 2. The highest BCUT2D eigenvalue weighted by Gasteiger charge is 2.32. The number of carbonyl (C=O) groups is 2. The lowest BCUT2D eigenvalue weighted by Gasteiger charge is -2.18. The van der Waals surface area contributed by atoms with Gasteiger partial charge in [-0.1, -0.05) is 0 Å². The van der Waals surface area contributed by atoms with Gasteiger partial charge in [-0.15, -0.1) is 11.3 Å². The summed E-state index contributed by atoms with van der Waals surface area (Å²) in [4.78, 5) is 26.4. The molecule has 1 aromatic rings. The lowest BCUT2D eigenvalue weighted by Crippen LogP contribution is -2.36. The minimum Gasteiger partial charge on any atom is -0.348 e. The van der Waals surface area contributed by atoms with Crippen LogP contribution in [0.4, 0.5) is 0 Å². The number of amides is 2. The Morgan fingerprint density at radius 1 is 1.24 bits per heavy atom. The fraction of sp³-hybridized carbons (Fsp3) is 0.625. The predicted molar refractivity (Wildman–Crippen MR) is 95.1 cm³/mol. The maximum absolute atomic E-state index is 12.8. The zero-order valence-electron chi connectivity index (χ0n) is 14.2. The third kappa shape index (κ3) is 3.88.